The Hall–Kier alpha value is -1.63. The van der Waals surface area contributed by atoms with Crippen molar-refractivity contribution in [2.24, 2.45) is 4.99 Å². The van der Waals surface area contributed by atoms with Crippen molar-refractivity contribution in [2.45, 2.75) is 26.2 Å². The summed E-state index contributed by atoms with van der Waals surface area (Å²) < 4.78 is 0. The van der Waals surface area contributed by atoms with Crippen molar-refractivity contribution in [3.05, 3.63) is 60.3 Å². The molecule has 0 radical (unpaired) electrons. The Kier molecular flexibility index (Phi) is 5.27. The van der Waals surface area contributed by atoms with Crippen molar-refractivity contribution in [1.82, 2.24) is 0 Å². The first kappa shape index (κ1) is 12.4. The molecule has 0 saturated heterocycles. The third kappa shape index (κ3) is 3.85. The van der Waals surface area contributed by atoms with Crippen LogP contribution in [0.25, 0.3) is 0 Å². The Morgan fingerprint density at radius 3 is 2.62 bits per heavy atom. The van der Waals surface area contributed by atoms with E-state index in [4.69, 9.17) is 0 Å². The van der Waals surface area contributed by atoms with Gasteiger partial charge in [0.05, 0.1) is 0 Å². The fourth-order valence-corrected chi connectivity index (χ4v) is 1.65. The third-order valence-corrected chi connectivity index (χ3v) is 2.63. The highest BCUT2D eigenvalue weighted by Gasteiger charge is 2.05. The van der Waals surface area contributed by atoms with Gasteiger partial charge in [0.15, 0.2) is 0 Å². The highest BCUT2D eigenvalue weighted by molar-refractivity contribution is 5.79. The molecule has 1 atom stereocenters. The van der Waals surface area contributed by atoms with Gasteiger partial charge in [-0.1, -0.05) is 49.9 Å². The van der Waals surface area contributed by atoms with Crippen LogP contribution in [0.5, 0.6) is 0 Å². The van der Waals surface area contributed by atoms with Crippen LogP contribution in [-0.4, -0.2) is 6.21 Å². The third-order valence-electron chi connectivity index (χ3n) is 2.63. The molecule has 1 aromatic rings. The highest BCUT2D eigenvalue weighted by Crippen LogP contribution is 2.21. The summed E-state index contributed by atoms with van der Waals surface area (Å²) in [6.45, 7) is 7.86. The number of nitrogens with zero attached hydrogens (tertiary/aromatic N) is 1. The molecule has 16 heavy (non-hydrogen) atoms. The Labute approximate surface area is 98.2 Å². The molecule has 1 unspecified atom stereocenters. The van der Waals surface area contributed by atoms with Crippen molar-refractivity contribution < 1.29 is 0 Å². The molecule has 0 aliphatic carbocycles. The second kappa shape index (κ2) is 6.78. The number of aliphatic imine (C=N–C) groups is 1. The molecule has 0 aliphatic heterocycles. The van der Waals surface area contributed by atoms with E-state index in [1.165, 1.54) is 11.1 Å². The summed E-state index contributed by atoms with van der Waals surface area (Å²) in [4.78, 5) is 4.06. The van der Waals surface area contributed by atoms with E-state index in [0.29, 0.717) is 5.92 Å². The van der Waals surface area contributed by atoms with Crippen LogP contribution in [0.4, 0.5) is 0 Å². The van der Waals surface area contributed by atoms with Gasteiger partial charge in [-0.05, 0) is 30.4 Å². The smallest absolute Gasteiger partial charge is 0.0296 e. The summed E-state index contributed by atoms with van der Waals surface area (Å²) in [5.74, 6) is 0.517. The van der Waals surface area contributed by atoms with Gasteiger partial charge in [-0.25, -0.2) is 0 Å². The number of allylic oxidation sites excluding steroid dienone is 2. The monoisotopic (exact) mass is 213 g/mol. The second-order valence-electron chi connectivity index (χ2n) is 3.84. The van der Waals surface area contributed by atoms with E-state index in [-0.39, 0.29) is 0 Å². The van der Waals surface area contributed by atoms with Crippen LogP contribution in [0.15, 0.2) is 59.8 Å². The molecule has 1 rings (SSSR count). The minimum atomic E-state index is 0.517. The molecule has 0 spiro atoms. The minimum Gasteiger partial charge on any atom is -0.265 e. The molecule has 0 saturated carbocycles. The zero-order chi connectivity index (χ0) is 11.8. The maximum absolute atomic E-state index is 4.06. The normalized spacial score (nSPS) is 14.0. The molecule has 0 bridgehead atoms. The van der Waals surface area contributed by atoms with Crippen molar-refractivity contribution in [1.29, 1.82) is 0 Å². The molecule has 84 valence electrons. The predicted molar refractivity (Wildman–Crippen MR) is 71.9 cm³/mol. The lowest BCUT2D eigenvalue weighted by Crippen LogP contribution is -1.96. The lowest BCUT2D eigenvalue weighted by atomic mass is 9.94. The van der Waals surface area contributed by atoms with Crippen LogP contribution < -0.4 is 0 Å². The number of hydrogen-bond acceptors (Lipinski definition) is 1. The zero-order valence-corrected chi connectivity index (χ0v) is 10.1. The van der Waals surface area contributed by atoms with E-state index >= 15 is 0 Å². The fraction of sp³-hybridized carbons (Fsp3) is 0.267. The van der Waals surface area contributed by atoms with Gasteiger partial charge in [-0.3, -0.25) is 4.99 Å². The summed E-state index contributed by atoms with van der Waals surface area (Å²) in [6, 6.07) is 10.6. The maximum atomic E-state index is 4.06. The van der Waals surface area contributed by atoms with E-state index in [0.717, 1.165) is 6.42 Å². The van der Waals surface area contributed by atoms with E-state index < -0.39 is 0 Å². The van der Waals surface area contributed by atoms with Crippen molar-refractivity contribution in [2.75, 3.05) is 0 Å². The average Bonchev–Trinajstić information content (AvgIpc) is 2.35. The average molecular weight is 213 g/mol. The molecule has 1 nitrogen and oxygen atoms in total. The van der Waals surface area contributed by atoms with E-state index in [2.05, 4.69) is 48.8 Å². The summed E-state index contributed by atoms with van der Waals surface area (Å²) in [6.07, 6.45) is 6.56. The van der Waals surface area contributed by atoms with E-state index in [1.807, 2.05) is 19.2 Å². The van der Waals surface area contributed by atoms with Crippen molar-refractivity contribution in [3.63, 3.8) is 0 Å². The van der Waals surface area contributed by atoms with Crippen LogP contribution >= 0.6 is 0 Å². The summed E-state index contributed by atoms with van der Waals surface area (Å²) in [5, 5.41) is 0. The molecule has 1 heteroatoms. The summed E-state index contributed by atoms with van der Waals surface area (Å²) in [7, 11) is 0. The molecule has 1 aromatic carbocycles. The lowest BCUT2D eigenvalue weighted by Gasteiger charge is -2.11. The van der Waals surface area contributed by atoms with Gasteiger partial charge in [0.25, 0.3) is 0 Å². The van der Waals surface area contributed by atoms with E-state index in [9.17, 15) is 0 Å². The van der Waals surface area contributed by atoms with Gasteiger partial charge in [0.1, 0.15) is 0 Å². The first-order chi connectivity index (χ1) is 7.77. The second-order valence-corrected chi connectivity index (χ2v) is 3.84. The number of rotatable bonds is 5. The first-order valence-corrected chi connectivity index (χ1v) is 5.62. The predicted octanol–water partition coefficient (Wildman–Crippen LogP) is 4.34. The van der Waals surface area contributed by atoms with Gasteiger partial charge in [0, 0.05) is 12.4 Å². The molecule has 0 aromatic heterocycles. The Balaban J connectivity index is 2.66. The van der Waals surface area contributed by atoms with Crippen LogP contribution in [0.3, 0.4) is 0 Å². The standard InChI is InChI=1S/C15H19N/c1-4-14(12-16-5-2)11-13(3)15-9-7-6-8-10-15/h4-10,12-13H,2,11H2,1,3H3/b14-4-,16-12-. The van der Waals surface area contributed by atoms with Crippen LogP contribution in [-0.2, 0) is 0 Å². The van der Waals surface area contributed by atoms with Crippen LogP contribution in [0.1, 0.15) is 31.7 Å². The van der Waals surface area contributed by atoms with Gasteiger partial charge in [0.2, 0.25) is 0 Å². The molecule has 0 fully saturated rings. The van der Waals surface area contributed by atoms with Gasteiger partial charge >= 0.3 is 0 Å². The quantitative estimate of drug-likeness (QED) is 0.645. The first-order valence-electron chi connectivity index (χ1n) is 5.62. The molecule has 0 amide bonds. The number of benzene rings is 1. The molecule has 0 N–H and O–H groups in total. The highest BCUT2D eigenvalue weighted by atomic mass is 14.7. The molecule has 0 aliphatic rings. The zero-order valence-electron chi connectivity index (χ0n) is 10.1. The largest absolute Gasteiger partial charge is 0.265 e. The lowest BCUT2D eigenvalue weighted by molar-refractivity contribution is 0.768. The van der Waals surface area contributed by atoms with Gasteiger partial charge < -0.3 is 0 Å². The van der Waals surface area contributed by atoms with Crippen LogP contribution in [0, 0.1) is 0 Å². The number of hydrogen-bond donors (Lipinski definition) is 0. The van der Waals surface area contributed by atoms with Gasteiger partial charge in [-0.15, -0.1) is 0 Å². The fourth-order valence-electron chi connectivity index (χ4n) is 1.65. The topological polar surface area (TPSA) is 12.4 Å². The molecular formula is C15H19N. The Morgan fingerprint density at radius 2 is 2.06 bits per heavy atom. The van der Waals surface area contributed by atoms with Crippen molar-refractivity contribution in [3.8, 4) is 0 Å². The molecular weight excluding hydrogens is 194 g/mol. The van der Waals surface area contributed by atoms with E-state index in [1.54, 1.807) is 6.20 Å². The molecule has 0 heterocycles. The SMILES string of the molecule is C=C/N=C\C(=C/C)CC(C)c1ccccc1. The summed E-state index contributed by atoms with van der Waals surface area (Å²) in [5.41, 5.74) is 2.62. The Bertz CT molecular complexity index is 374. The van der Waals surface area contributed by atoms with Gasteiger partial charge in [-0.2, -0.15) is 0 Å². The minimum absolute atomic E-state index is 0.517. The summed E-state index contributed by atoms with van der Waals surface area (Å²) >= 11 is 0. The Morgan fingerprint density at radius 1 is 1.38 bits per heavy atom. The van der Waals surface area contributed by atoms with Crippen LogP contribution in [0.2, 0.25) is 0 Å². The maximum Gasteiger partial charge on any atom is 0.0296 e. The van der Waals surface area contributed by atoms with Crippen molar-refractivity contribution >= 4 is 6.21 Å².